The Morgan fingerprint density at radius 3 is 2.67 bits per heavy atom. The molecule has 0 spiro atoms. The topological polar surface area (TPSA) is 37.8 Å². The summed E-state index contributed by atoms with van der Waals surface area (Å²) >= 11 is 1.76. The molecule has 1 saturated carbocycles. The van der Waals surface area contributed by atoms with Gasteiger partial charge < -0.3 is 5.32 Å². The van der Waals surface area contributed by atoms with Crippen LogP contribution in [0, 0.1) is 6.92 Å². The van der Waals surface area contributed by atoms with E-state index in [0.717, 1.165) is 22.9 Å². The van der Waals surface area contributed by atoms with Crippen molar-refractivity contribution in [2.75, 3.05) is 5.32 Å². The number of thiophene rings is 1. The molecule has 2 aromatic heterocycles. The molecular formula is C20H23N3S. The normalized spacial score (nSPS) is 15.7. The van der Waals surface area contributed by atoms with Crippen LogP contribution in [0.3, 0.4) is 0 Å². The lowest BCUT2D eigenvalue weighted by Crippen LogP contribution is -2.23. The van der Waals surface area contributed by atoms with Crippen molar-refractivity contribution in [3.8, 4) is 0 Å². The Kier molecular flexibility index (Phi) is 4.48. The molecule has 1 fully saturated rings. The fourth-order valence-corrected chi connectivity index (χ4v) is 4.39. The summed E-state index contributed by atoms with van der Waals surface area (Å²) in [6.45, 7) is 2.15. The highest BCUT2D eigenvalue weighted by Gasteiger charge is 2.17. The van der Waals surface area contributed by atoms with Gasteiger partial charge in [0, 0.05) is 17.3 Å². The van der Waals surface area contributed by atoms with E-state index in [1.165, 1.54) is 47.9 Å². The minimum atomic E-state index is 0.557. The van der Waals surface area contributed by atoms with Crippen LogP contribution in [-0.2, 0) is 6.42 Å². The van der Waals surface area contributed by atoms with Gasteiger partial charge in [-0.05, 0) is 31.4 Å². The van der Waals surface area contributed by atoms with Crippen LogP contribution >= 0.6 is 11.3 Å². The first-order chi connectivity index (χ1) is 11.8. The number of anilines is 1. The third kappa shape index (κ3) is 3.44. The first kappa shape index (κ1) is 15.6. The Balaban J connectivity index is 1.67. The molecule has 2 heterocycles. The molecule has 0 bridgehead atoms. The molecule has 1 aliphatic rings. The molecule has 4 rings (SSSR count). The monoisotopic (exact) mass is 337 g/mol. The smallest absolute Gasteiger partial charge is 0.138 e. The van der Waals surface area contributed by atoms with Gasteiger partial charge in [-0.25, -0.2) is 9.97 Å². The number of nitrogens with zero attached hydrogens (tertiary/aromatic N) is 2. The quantitative estimate of drug-likeness (QED) is 0.699. The predicted molar refractivity (Wildman–Crippen MR) is 102 cm³/mol. The van der Waals surface area contributed by atoms with Crippen molar-refractivity contribution in [2.24, 2.45) is 0 Å². The summed E-state index contributed by atoms with van der Waals surface area (Å²) in [5.41, 5.74) is 1.26. The zero-order valence-corrected chi connectivity index (χ0v) is 14.9. The molecule has 124 valence electrons. The standard InChI is InChI=1S/C20H23N3S/c1-14-12-17-19(21-16-10-6-3-7-11-16)22-18(23-20(17)24-14)13-15-8-4-2-5-9-15/h2,4-5,8-9,12,16H,3,6-7,10-11,13H2,1H3,(H,21,22,23). The van der Waals surface area contributed by atoms with E-state index in [2.05, 4.69) is 42.6 Å². The van der Waals surface area contributed by atoms with Gasteiger partial charge in [-0.2, -0.15) is 0 Å². The second kappa shape index (κ2) is 6.89. The zero-order valence-electron chi connectivity index (χ0n) is 14.1. The first-order valence-electron chi connectivity index (χ1n) is 8.85. The second-order valence-electron chi connectivity index (χ2n) is 6.71. The van der Waals surface area contributed by atoms with Crippen molar-refractivity contribution in [1.29, 1.82) is 0 Å². The predicted octanol–water partition coefficient (Wildman–Crippen LogP) is 5.34. The van der Waals surface area contributed by atoms with Crippen LogP contribution in [0.15, 0.2) is 36.4 Å². The summed E-state index contributed by atoms with van der Waals surface area (Å²) in [7, 11) is 0. The van der Waals surface area contributed by atoms with Gasteiger partial charge in [0.1, 0.15) is 16.5 Å². The molecule has 0 amide bonds. The van der Waals surface area contributed by atoms with Gasteiger partial charge >= 0.3 is 0 Å². The van der Waals surface area contributed by atoms with E-state index in [1.807, 2.05) is 6.07 Å². The van der Waals surface area contributed by atoms with Crippen LogP contribution in [0.4, 0.5) is 5.82 Å². The Morgan fingerprint density at radius 2 is 1.88 bits per heavy atom. The molecule has 0 radical (unpaired) electrons. The van der Waals surface area contributed by atoms with Gasteiger partial charge in [-0.1, -0.05) is 49.6 Å². The van der Waals surface area contributed by atoms with Gasteiger partial charge in [-0.3, -0.25) is 0 Å². The van der Waals surface area contributed by atoms with E-state index in [4.69, 9.17) is 9.97 Å². The zero-order chi connectivity index (χ0) is 16.4. The number of aryl methyl sites for hydroxylation is 1. The summed E-state index contributed by atoms with van der Waals surface area (Å²) in [5, 5.41) is 4.90. The minimum Gasteiger partial charge on any atom is -0.367 e. The maximum absolute atomic E-state index is 4.89. The van der Waals surface area contributed by atoms with Crippen LogP contribution in [0.25, 0.3) is 10.2 Å². The number of nitrogens with one attached hydrogen (secondary N) is 1. The molecular weight excluding hydrogens is 314 g/mol. The number of hydrogen-bond acceptors (Lipinski definition) is 4. The first-order valence-corrected chi connectivity index (χ1v) is 9.67. The van der Waals surface area contributed by atoms with Crippen molar-refractivity contribution in [2.45, 2.75) is 51.5 Å². The lowest BCUT2D eigenvalue weighted by atomic mass is 9.95. The van der Waals surface area contributed by atoms with Crippen molar-refractivity contribution >= 4 is 27.4 Å². The Morgan fingerprint density at radius 1 is 1.08 bits per heavy atom. The number of aromatic nitrogens is 2. The van der Waals surface area contributed by atoms with Crippen molar-refractivity contribution in [3.63, 3.8) is 0 Å². The van der Waals surface area contributed by atoms with E-state index in [9.17, 15) is 0 Å². The lowest BCUT2D eigenvalue weighted by Gasteiger charge is -2.23. The van der Waals surface area contributed by atoms with Crippen molar-refractivity contribution in [3.05, 3.63) is 52.7 Å². The summed E-state index contributed by atoms with van der Waals surface area (Å²) in [6, 6.07) is 13.3. The fraction of sp³-hybridized carbons (Fsp3) is 0.400. The van der Waals surface area contributed by atoms with Gasteiger partial charge in [0.2, 0.25) is 0 Å². The summed E-state index contributed by atoms with van der Waals surface area (Å²) < 4.78 is 0. The van der Waals surface area contributed by atoms with E-state index in [1.54, 1.807) is 11.3 Å². The average molecular weight is 337 g/mol. The van der Waals surface area contributed by atoms with Crippen molar-refractivity contribution in [1.82, 2.24) is 9.97 Å². The van der Waals surface area contributed by atoms with Crippen LogP contribution in [0.5, 0.6) is 0 Å². The highest BCUT2D eigenvalue weighted by atomic mass is 32.1. The highest BCUT2D eigenvalue weighted by molar-refractivity contribution is 7.18. The molecule has 4 heteroatoms. The van der Waals surface area contributed by atoms with E-state index in [-0.39, 0.29) is 0 Å². The third-order valence-corrected chi connectivity index (χ3v) is 5.66. The van der Waals surface area contributed by atoms with Crippen molar-refractivity contribution < 1.29 is 0 Å². The van der Waals surface area contributed by atoms with Gasteiger partial charge in [0.25, 0.3) is 0 Å². The molecule has 0 aliphatic heterocycles. The second-order valence-corrected chi connectivity index (χ2v) is 7.94. The highest BCUT2D eigenvalue weighted by Crippen LogP contribution is 2.31. The molecule has 3 aromatic rings. The molecule has 0 unspecified atom stereocenters. The number of hydrogen-bond donors (Lipinski definition) is 1. The third-order valence-electron chi connectivity index (χ3n) is 4.71. The largest absolute Gasteiger partial charge is 0.367 e. The van der Waals surface area contributed by atoms with Crippen LogP contribution in [0.2, 0.25) is 0 Å². The van der Waals surface area contributed by atoms with E-state index < -0.39 is 0 Å². The average Bonchev–Trinajstić information content (AvgIpc) is 2.97. The molecule has 1 N–H and O–H groups in total. The maximum Gasteiger partial charge on any atom is 0.138 e. The minimum absolute atomic E-state index is 0.557. The number of rotatable bonds is 4. The SMILES string of the molecule is Cc1cc2c(NC3CCCCC3)nc(Cc3ccccc3)nc2s1. The summed E-state index contributed by atoms with van der Waals surface area (Å²) in [6.07, 6.45) is 7.31. The summed E-state index contributed by atoms with van der Waals surface area (Å²) in [5.74, 6) is 1.94. The lowest BCUT2D eigenvalue weighted by molar-refractivity contribution is 0.462. The Labute approximate surface area is 147 Å². The summed E-state index contributed by atoms with van der Waals surface area (Å²) in [4.78, 5) is 12.1. The molecule has 24 heavy (non-hydrogen) atoms. The maximum atomic E-state index is 4.89. The molecule has 3 nitrogen and oxygen atoms in total. The fourth-order valence-electron chi connectivity index (χ4n) is 3.49. The molecule has 0 atom stereocenters. The number of benzene rings is 1. The van der Waals surface area contributed by atoms with Crippen LogP contribution in [-0.4, -0.2) is 16.0 Å². The van der Waals surface area contributed by atoms with Crippen LogP contribution in [0.1, 0.15) is 48.4 Å². The van der Waals surface area contributed by atoms with Gasteiger partial charge in [0.05, 0.1) is 5.39 Å². The van der Waals surface area contributed by atoms with Gasteiger partial charge in [-0.15, -0.1) is 11.3 Å². The molecule has 1 aliphatic carbocycles. The van der Waals surface area contributed by atoms with E-state index in [0.29, 0.717) is 6.04 Å². The Bertz CT molecular complexity index is 820. The number of fused-ring (bicyclic) bond motifs is 1. The Hall–Kier alpha value is -1.94. The molecule has 0 saturated heterocycles. The van der Waals surface area contributed by atoms with Gasteiger partial charge in [0.15, 0.2) is 0 Å². The van der Waals surface area contributed by atoms with E-state index >= 15 is 0 Å². The van der Waals surface area contributed by atoms with Crippen LogP contribution < -0.4 is 5.32 Å². The molecule has 1 aromatic carbocycles.